The van der Waals surface area contributed by atoms with Crippen molar-refractivity contribution in [1.82, 2.24) is 10.6 Å². The minimum absolute atomic E-state index is 0.0153. The first kappa shape index (κ1) is 31.8. The fourth-order valence-electron chi connectivity index (χ4n) is 3.39. The molecule has 0 aliphatic carbocycles. The molecule has 1 unspecified atom stereocenters. The highest BCUT2D eigenvalue weighted by atomic mass is 31.2. The highest BCUT2D eigenvalue weighted by Crippen LogP contribution is 2.42. The molecule has 1 fully saturated rings. The molecule has 14 nitrogen and oxygen atoms in total. The van der Waals surface area contributed by atoms with Gasteiger partial charge in [0, 0.05) is 25.9 Å². The molecule has 15 heteroatoms. The summed E-state index contributed by atoms with van der Waals surface area (Å²) in [7, 11) is 1.29. The van der Waals surface area contributed by atoms with Crippen molar-refractivity contribution < 1.29 is 57.4 Å². The van der Waals surface area contributed by atoms with Crippen molar-refractivity contribution in [3.05, 3.63) is 0 Å². The number of amides is 2. The Morgan fingerprint density at radius 3 is 2.03 bits per heavy atom. The van der Waals surface area contributed by atoms with Gasteiger partial charge in [-0.3, -0.25) is 18.6 Å². The van der Waals surface area contributed by atoms with Gasteiger partial charge in [-0.15, -0.1) is 0 Å². The van der Waals surface area contributed by atoms with Crippen molar-refractivity contribution >= 4 is 19.6 Å². The Morgan fingerprint density at radius 1 is 0.971 bits per heavy atom. The number of rotatable bonds is 16. The van der Waals surface area contributed by atoms with Gasteiger partial charge in [0.05, 0.1) is 47.6 Å². The molecule has 0 aromatic rings. The number of phosphoric acid groups is 1. The third-order valence-corrected chi connectivity index (χ3v) is 6.18. The van der Waals surface area contributed by atoms with Crippen LogP contribution in [0.3, 0.4) is 0 Å². The largest absolute Gasteiger partial charge is 0.472 e. The lowest BCUT2D eigenvalue weighted by molar-refractivity contribution is -0.910. The van der Waals surface area contributed by atoms with Gasteiger partial charge in [-0.2, -0.15) is 0 Å². The first-order valence-corrected chi connectivity index (χ1v) is 13.0. The zero-order chi connectivity index (χ0) is 26.6. The second-order valence-electron chi connectivity index (χ2n) is 9.02. The highest BCUT2D eigenvalue weighted by molar-refractivity contribution is 7.47. The van der Waals surface area contributed by atoms with Crippen molar-refractivity contribution in [2.75, 3.05) is 60.7 Å². The number of likely N-dealkylation sites (N-methyl/N-ethyl adjacent to an activating group) is 1. The van der Waals surface area contributed by atoms with E-state index >= 15 is 0 Å². The number of ether oxygens (including phenoxy) is 2. The standard InChI is InChI=1S/C20H40N3O11P/c1-5-10-32-35(29,30)33-12-9-22-16(26)7-6-15(25)21-8-11-31-20-17(23(2,3)4)19(28)18(27)14(13-24)34-20/h14,17-20,24,27-28H,5-13H2,1-4H3,(H2-,21,22,25,26,29,30)/p+1/t14-,17-,18+,19-,20-/m1/s1. The van der Waals surface area contributed by atoms with Gasteiger partial charge in [-0.1, -0.05) is 6.92 Å². The second-order valence-corrected chi connectivity index (χ2v) is 10.5. The molecule has 1 aliphatic heterocycles. The van der Waals surface area contributed by atoms with Gasteiger partial charge in [0.2, 0.25) is 18.1 Å². The van der Waals surface area contributed by atoms with E-state index in [1.54, 1.807) is 28.1 Å². The Morgan fingerprint density at radius 2 is 1.51 bits per heavy atom. The summed E-state index contributed by atoms with van der Waals surface area (Å²) >= 11 is 0. The zero-order valence-electron chi connectivity index (χ0n) is 20.8. The monoisotopic (exact) mass is 530 g/mol. The summed E-state index contributed by atoms with van der Waals surface area (Å²) in [5.74, 6) is -0.810. The highest BCUT2D eigenvalue weighted by Gasteiger charge is 2.51. The molecule has 0 radical (unpaired) electrons. The predicted octanol–water partition coefficient (Wildman–Crippen LogP) is -1.93. The third-order valence-electron chi connectivity index (χ3n) is 5.17. The smallest absolute Gasteiger partial charge is 0.394 e. The molecule has 0 aromatic heterocycles. The fraction of sp³-hybridized carbons (Fsp3) is 0.900. The Bertz CT molecular complexity index is 706. The van der Waals surface area contributed by atoms with Gasteiger partial charge in [-0.05, 0) is 6.42 Å². The normalized spacial score (nSPS) is 26.7. The van der Waals surface area contributed by atoms with E-state index in [1.165, 1.54) is 0 Å². The van der Waals surface area contributed by atoms with E-state index in [1.807, 2.05) is 0 Å². The van der Waals surface area contributed by atoms with Crippen molar-refractivity contribution in [2.24, 2.45) is 0 Å². The summed E-state index contributed by atoms with van der Waals surface area (Å²) in [6.45, 7) is 1.30. The van der Waals surface area contributed by atoms with Gasteiger partial charge in [-0.25, -0.2) is 4.57 Å². The van der Waals surface area contributed by atoms with E-state index < -0.39 is 51.0 Å². The number of phosphoric ester groups is 1. The SMILES string of the molecule is CCCOP(=O)(O)OCCNC(=O)CCC(=O)NCCO[C@@H]1O[C@H](CO)[C@H](O)[C@H](O)[C@H]1[N+](C)(C)C. The number of carbonyl (C=O) groups excluding carboxylic acids is 2. The molecule has 2 amide bonds. The molecule has 1 aliphatic rings. The lowest BCUT2D eigenvalue weighted by atomic mass is 9.95. The van der Waals surface area contributed by atoms with Gasteiger partial charge in [0.15, 0.2) is 6.04 Å². The number of carbonyl (C=O) groups is 2. The van der Waals surface area contributed by atoms with Crippen LogP contribution in [0.25, 0.3) is 0 Å². The van der Waals surface area contributed by atoms with Crippen LogP contribution in [0.15, 0.2) is 0 Å². The topological polar surface area (TPSA) is 193 Å². The van der Waals surface area contributed by atoms with Crippen LogP contribution in [-0.4, -0.2) is 128 Å². The number of quaternary nitrogens is 1. The Hall–Kier alpha value is -1.19. The van der Waals surface area contributed by atoms with Crippen LogP contribution >= 0.6 is 7.82 Å². The minimum Gasteiger partial charge on any atom is -0.394 e. The molecule has 206 valence electrons. The van der Waals surface area contributed by atoms with E-state index in [2.05, 4.69) is 15.2 Å². The maximum atomic E-state index is 12.0. The molecule has 1 saturated heterocycles. The number of nitrogens with one attached hydrogen (secondary N) is 2. The van der Waals surface area contributed by atoms with Gasteiger partial charge >= 0.3 is 7.82 Å². The van der Waals surface area contributed by atoms with Crippen LogP contribution in [0.1, 0.15) is 26.2 Å². The van der Waals surface area contributed by atoms with Crippen LogP contribution in [0, 0.1) is 0 Å². The Labute approximate surface area is 205 Å². The molecule has 1 heterocycles. The molecule has 0 saturated carbocycles. The molecule has 35 heavy (non-hydrogen) atoms. The first-order chi connectivity index (χ1) is 16.3. The molecule has 0 spiro atoms. The maximum Gasteiger partial charge on any atom is 0.472 e. The molecular formula is C20H41N3O11P+. The molecular weight excluding hydrogens is 489 g/mol. The lowest BCUT2D eigenvalue weighted by Crippen LogP contribution is -2.68. The van der Waals surface area contributed by atoms with Crippen molar-refractivity contribution in [3.63, 3.8) is 0 Å². The van der Waals surface area contributed by atoms with Crippen molar-refractivity contribution in [2.45, 2.75) is 56.8 Å². The van der Waals surface area contributed by atoms with Crippen LogP contribution in [0.4, 0.5) is 0 Å². The van der Waals surface area contributed by atoms with Crippen molar-refractivity contribution in [3.8, 4) is 0 Å². The number of aliphatic hydroxyl groups excluding tert-OH is 3. The minimum atomic E-state index is -4.13. The van der Waals surface area contributed by atoms with E-state index in [0.29, 0.717) is 6.42 Å². The fourth-order valence-corrected chi connectivity index (χ4v) is 4.20. The van der Waals surface area contributed by atoms with Gasteiger partial charge in [0.25, 0.3) is 0 Å². The maximum absolute atomic E-state index is 12.0. The van der Waals surface area contributed by atoms with E-state index in [4.69, 9.17) is 14.0 Å². The Balaban J connectivity index is 2.30. The number of hydrogen-bond acceptors (Lipinski definition) is 10. The lowest BCUT2D eigenvalue weighted by Gasteiger charge is -2.47. The van der Waals surface area contributed by atoms with Gasteiger partial charge < -0.3 is 44.8 Å². The molecule has 0 bridgehead atoms. The molecule has 6 atom stereocenters. The summed E-state index contributed by atoms with van der Waals surface area (Å²) in [6, 6.07) is -0.630. The number of nitrogens with zero attached hydrogens (tertiary/aromatic N) is 1. The Kier molecular flexibility index (Phi) is 13.8. The van der Waals surface area contributed by atoms with E-state index in [9.17, 15) is 34.4 Å². The molecule has 1 rings (SSSR count). The van der Waals surface area contributed by atoms with Crippen LogP contribution < -0.4 is 10.6 Å². The first-order valence-electron chi connectivity index (χ1n) is 11.5. The van der Waals surface area contributed by atoms with Gasteiger partial charge in [0.1, 0.15) is 18.3 Å². The quantitative estimate of drug-likeness (QED) is 0.0740. The number of aliphatic hydroxyl groups is 3. The van der Waals surface area contributed by atoms with Crippen LogP contribution in [0.2, 0.25) is 0 Å². The molecule has 6 N–H and O–H groups in total. The summed E-state index contributed by atoms with van der Waals surface area (Å²) in [4.78, 5) is 33.2. The predicted molar refractivity (Wildman–Crippen MR) is 123 cm³/mol. The summed E-state index contributed by atoms with van der Waals surface area (Å²) < 4.78 is 32.4. The van der Waals surface area contributed by atoms with Crippen molar-refractivity contribution in [1.29, 1.82) is 0 Å². The summed E-state index contributed by atoms with van der Waals surface area (Å²) in [5, 5.41) is 35.1. The zero-order valence-corrected chi connectivity index (χ0v) is 21.7. The average molecular weight is 531 g/mol. The van der Waals surface area contributed by atoms with E-state index in [-0.39, 0.29) is 56.1 Å². The number of hydrogen-bond donors (Lipinski definition) is 6. The average Bonchev–Trinajstić information content (AvgIpc) is 2.78. The summed E-state index contributed by atoms with van der Waals surface area (Å²) in [5.41, 5.74) is 0. The van der Waals surface area contributed by atoms with Crippen LogP contribution in [0.5, 0.6) is 0 Å². The molecule has 0 aromatic carbocycles. The van der Waals surface area contributed by atoms with E-state index in [0.717, 1.165) is 0 Å². The third kappa shape index (κ3) is 11.6. The summed E-state index contributed by atoms with van der Waals surface area (Å²) in [6.07, 6.45) is -3.97. The van der Waals surface area contributed by atoms with Crippen LogP contribution in [-0.2, 0) is 32.7 Å². The second kappa shape index (κ2) is 15.2.